The first-order valence-corrected chi connectivity index (χ1v) is 8.16. The average molecular weight is 332 g/mol. The van der Waals surface area contributed by atoms with Crippen LogP contribution in [0.15, 0.2) is 60.9 Å². The average Bonchev–Trinajstić information content (AvgIpc) is 2.90. The minimum atomic E-state index is -0.225. The molecule has 25 heavy (non-hydrogen) atoms. The topological polar surface area (TPSA) is 59.5 Å². The molecule has 1 aromatic heterocycles. The number of hydrogen-bond acceptors (Lipinski definition) is 4. The quantitative estimate of drug-likeness (QED) is 0.531. The second kappa shape index (κ2) is 6.36. The van der Waals surface area contributed by atoms with Crippen LogP contribution in [0.4, 0.5) is 0 Å². The number of carbonyl (C=O) groups excluding carboxylic acids is 2. The van der Waals surface area contributed by atoms with Crippen molar-refractivity contribution in [2.45, 2.75) is 6.42 Å². The molecule has 0 unspecified atom stereocenters. The second-order valence-electron chi connectivity index (χ2n) is 5.86. The van der Waals surface area contributed by atoms with E-state index in [-0.39, 0.29) is 11.8 Å². The van der Waals surface area contributed by atoms with Crippen LogP contribution in [0.25, 0.3) is 10.8 Å². The molecule has 1 aliphatic heterocycles. The predicted octanol–water partition coefficient (Wildman–Crippen LogP) is 3.30. The summed E-state index contributed by atoms with van der Waals surface area (Å²) in [5.41, 5.74) is 0.963. The number of amides is 2. The number of imide groups is 1. The van der Waals surface area contributed by atoms with Gasteiger partial charge in [-0.25, -0.2) is 0 Å². The van der Waals surface area contributed by atoms with Crippen molar-refractivity contribution in [1.29, 1.82) is 0 Å². The molecular formula is C20H16N2O3. The molecule has 0 saturated carbocycles. The Balaban J connectivity index is 1.39. The van der Waals surface area contributed by atoms with Crippen LogP contribution < -0.4 is 4.74 Å². The molecule has 0 radical (unpaired) electrons. The molecule has 0 fully saturated rings. The van der Waals surface area contributed by atoms with Crippen molar-refractivity contribution in [2.24, 2.45) is 0 Å². The maximum absolute atomic E-state index is 12.3. The van der Waals surface area contributed by atoms with Crippen LogP contribution in [0, 0.1) is 0 Å². The molecule has 0 atom stereocenters. The largest absolute Gasteiger partial charge is 0.493 e. The van der Waals surface area contributed by atoms with Crippen molar-refractivity contribution < 1.29 is 14.3 Å². The molecule has 3 aromatic rings. The Morgan fingerprint density at radius 2 is 1.68 bits per heavy atom. The third kappa shape index (κ3) is 2.74. The summed E-state index contributed by atoms with van der Waals surface area (Å²) in [6, 6.07) is 14.6. The van der Waals surface area contributed by atoms with Crippen LogP contribution in [0.3, 0.4) is 0 Å². The van der Waals surface area contributed by atoms with Gasteiger partial charge in [-0.2, -0.15) is 0 Å². The highest BCUT2D eigenvalue weighted by atomic mass is 16.5. The monoisotopic (exact) mass is 332 g/mol. The number of ether oxygens (including phenoxy) is 1. The van der Waals surface area contributed by atoms with Crippen LogP contribution >= 0.6 is 0 Å². The van der Waals surface area contributed by atoms with E-state index in [2.05, 4.69) is 4.98 Å². The Morgan fingerprint density at radius 1 is 0.920 bits per heavy atom. The fraction of sp³-hybridized carbons (Fsp3) is 0.150. The number of carbonyl (C=O) groups is 2. The second-order valence-corrected chi connectivity index (χ2v) is 5.86. The van der Waals surface area contributed by atoms with E-state index in [9.17, 15) is 9.59 Å². The van der Waals surface area contributed by atoms with E-state index >= 15 is 0 Å². The van der Waals surface area contributed by atoms with Crippen molar-refractivity contribution >= 4 is 22.6 Å². The zero-order chi connectivity index (χ0) is 17.2. The number of fused-ring (bicyclic) bond motifs is 2. The van der Waals surface area contributed by atoms with Crippen molar-refractivity contribution in [3.05, 3.63) is 72.1 Å². The first kappa shape index (κ1) is 15.3. The summed E-state index contributed by atoms with van der Waals surface area (Å²) in [5.74, 6) is 0.330. The van der Waals surface area contributed by atoms with E-state index < -0.39 is 0 Å². The smallest absolute Gasteiger partial charge is 0.261 e. The Labute approximate surface area is 144 Å². The van der Waals surface area contributed by atoms with Crippen LogP contribution in [0.1, 0.15) is 27.1 Å². The molecule has 0 spiro atoms. The zero-order valence-corrected chi connectivity index (χ0v) is 13.5. The third-order valence-electron chi connectivity index (χ3n) is 4.30. The third-order valence-corrected chi connectivity index (χ3v) is 4.30. The van der Waals surface area contributed by atoms with E-state index in [0.29, 0.717) is 30.7 Å². The molecule has 5 nitrogen and oxygen atoms in total. The molecule has 2 amide bonds. The van der Waals surface area contributed by atoms with E-state index in [1.807, 2.05) is 24.3 Å². The highest BCUT2D eigenvalue weighted by Crippen LogP contribution is 2.25. The van der Waals surface area contributed by atoms with Crippen molar-refractivity contribution in [3.63, 3.8) is 0 Å². The van der Waals surface area contributed by atoms with Gasteiger partial charge >= 0.3 is 0 Å². The molecule has 5 heteroatoms. The van der Waals surface area contributed by atoms with E-state index in [4.69, 9.17) is 4.74 Å². The standard InChI is InChI=1S/C20H16N2O3/c23-19-16-6-1-2-7-17(16)20(24)22(19)11-4-12-25-18-8-3-5-14-13-21-10-9-15(14)18/h1-3,5-10,13H,4,11-12H2. The minimum Gasteiger partial charge on any atom is -0.493 e. The lowest BCUT2D eigenvalue weighted by Crippen LogP contribution is -2.31. The Hall–Kier alpha value is -3.21. The summed E-state index contributed by atoms with van der Waals surface area (Å²) in [4.78, 5) is 30.0. The molecule has 0 aliphatic carbocycles. The van der Waals surface area contributed by atoms with Gasteiger partial charge in [-0.1, -0.05) is 24.3 Å². The number of benzene rings is 2. The molecular weight excluding hydrogens is 316 g/mol. The van der Waals surface area contributed by atoms with Crippen LogP contribution in [0.2, 0.25) is 0 Å². The Morgan fingerprint density at radius 3 is 2.44 bits per heavy atom. The van der Waals surface area contributed by atoms with Crippen molar-refractivity contribution in [3.8, 4) is 5.75 Å². The molecule has 0 N–H and O–H groups in total. The minimum absolute atomic E-state index is 0.225. The number of pyridine rings is 1. The number of nitrogens with zero attached hydrogens (tertiary/aromatic N) is 2. The molecule has 1 aliphatic rings. The molecule has 2 aromatic carbocycles. The summed E-state index contributed by atoms with van der Waals surface area (Å²) in [5, 5.41) is 2.01. The highest BCUT2D eigenvalue weighted by Gasteiger charge is 2.34. The van der Waals surface area contributed by atoms with E-state index in [0.717, 1.165) is 16.5 Å². The van der Waals surface area contributed by atoms with Gasteiger partial charge in [0.15, 0.2) is 0 Å². The number of aromatic nitrogens is 1. The van der Waals surface area contributed by atoms with E-state index in [1.54, 1.807) is 36.7 Å². The summed E-state index contributed by atoms with van der Waals surface area (Å²) in [6.45, 7) is 0.771. The van der Waals surface area contributed by atoms with Crippen molar-refractivity contribution in [2.75, 3.05) is 13.2 Å². The summed E-state index contributed by atoms with van der Waals surface area (Å²) in [7, 11) is 0. The highest BCUT2D eigenvalue weighted by molar-refractivity contribution is 6.21. The Bertz CT molecular complexity index is 928. The first-order chi connectivity index (χ1) is 12.3. The van der Waals surface area contributed by atoms with Crippen molar-refractivity contribution in [1.82, 2.24) is 9.88 Å². The van der Waals surface area contributed by atoms with Gasteiger partial charge in [0.05, 0.1) is 17.7 Å². The van der Waals surface area contributed by atoms with Gasteiger partial charge in [0.2, 0.25) is 0 Å². The lowest BCUT2D eigenvalue weighted by Gasteiger charge is -2.14. The molecule has 0 saturated heterocycles. The van der Waals surface area contributed by atoms with Crippen LogP contribution in [0.5, 0.6) is 5.75 Å². The van der Waals surface area contributed by atoms with Crippen LogP contribution in [-0.2, 0) is 0 Å². The molecule has 0 bridgehead atoms. The van der Waals surface area contributed by atoms with Gasteiger partial charge in [-0.05, 0) is 30.7 Å². The molecule has 124 valence electrons. The Kier molecular flexibility index (Phi) is 3.90. The summed E-state index contributed by atoms with van der Waals surface area (Å²) in [6.07, 6.45) is 4.10. The normalized spacial score (nSPS) is 13.4. The van der Waals surface area contributed by atoms with Gasteiger partial charge in [0.1, 0.15) is 5.75 Å². The predicted molar refractivity (Wildman–Crippen MR) is 93.7 cm³/mol. The summed E-state index contributed by atoms with van der Waals surface area (Å²) >= 11 is 0. The van der Waals surface area contributed by atoms with Gasteiger partial charge in [-0.15, -0.1) is 0 Å². The SMILES string of the molecule is O=C1c2ccccc2C(=O)N1CCCOc1cccc2cnccc12. The van der Waals surface area contributed by atoms with Gasteiger partial charge < -0.3 is 4.74 Å². The maximum Gasteiger partial charge on any atom is 0.261 e. The van der Waals surface area contributed by atoms with Gasteiger partial charge in [-0.3, -0.25) is 19.5 Å². The lowest BCUT2D eigenvalue weighted by atomic mass is 10.1. The van der Waals surface area contributed by atoms with Gasteiger partial charge in [0, 0.05) is 29.7 Å². The van der Waals surface area contributed by atoms with Gasteiger partial charge in [0.25, 0.3) is 11.8 Å². The lowest BCUT2D eigenvalue weighted by molar-refractivity contribution is 0.0647. The van der Waals surface area contributed by atoms with E-state index in [1.165, 1.54) is 4.90 Å². The number of rotatable bonds is 5. The molecule has 2 heterocycles. The zero-order valence-electron chi connectivity index (χ0n) is 13.5. The fourth-order valence-corrected chi connectivity index (χ4v) is 3.07. The van der Waals surface area contributed by atoms with Crippen LogP contribution in [-0.4, -0.2) is 34.8 Å². The fourth-order valence-electron chi connectivity index (χ4n) is 3.07. The maximum atomic E-state index is 12.3. The summed E-state index contributed by atoms with van der Waals surface area (Å²) < 4.78 is 5.85. The first-order valence-electron chi connectivity index (χ1n) is 8.16. The number of hydrogen-bond donors (Lipinski definition) is 0. The molecule has 4 rings (SSSR count).